The van der Waals surface area contributed by atoms with E-state index in [1.54, 1.807) is 4.90 Å². The predicted octanol–water partition coefficient (Wildman–Crippen LogP) is 1.66. The molecule has 106 valence electrons. The van der Waals surface area contributed by atoms with Crippen LogP contribution >= 0.6 is 0 Å². The molecule has 0 radical (unpaired) electrons. The van der Waals surface area contributed by atoms with Crippen LogP contribution in [0.3, 0.4) is 0 Å². The minimum atomic E-state index is -0.0132. The van der Waals surface area contributed by atoms with Crippen molar-refractivity contribution in [1.29, 1.82) is 0 Å². The molecule has 4 heteroatoms. The second-order valence-electron chi connectivity index (χ2n) is 5.75. The molecular formula is C16H20N2O2. The third-order valence-corrected chi connectivity index (χ3v) is 4.32. The molecule has 0 saturated heterocycles. The molecule has 2 aliphatic rings. The second-order valence-corrected chi connectivity index (χ2v) is 5.75. The fourth-order valence-electron chi connectivity index (χ4n) is 2.89. The van der Waals surface area contributed by atoms with Gasteiger partial charge in [-0.1, -0.05) is 24.3 Å². The molecule has 0 aromatic heterocycles. The summed E-state index contributed by atoms with van der Waals surface area (Å²) in [5.41, 5.74) is 2.58. The summed E-state index contributed by atoms with van der Waals surface area (Å²) in [4.78, 5) is 25.5. The Kier molecular flexibility index (Phi) is 3.47. The average molecular weight is 272 g/mol. The van der Waals surface area contributed by atoms with E-state index in [0.717, 1.165) is 25.7 Å². The van der Waals surface area contributed by atoms with Crippen LogP contribution in [-0.2, 0) is 16.0 Å². The summed E-state index contributed by atoms with van der Waals surface area (Å²) in [5.74, 6) is 0.166. The van der Waals surface area contributed by atoms with Crippen molar-refractivity contribution in [2.75, 3.05) is 13.6 Å². The van der Waals surface area contributed by atoms with Gasteiger partial charge >= 0.3 is 0 Å². The number of carbonyl (C=O) groups excluding carboxylic acids is 2. The van der Waals surface area contributed by atoms with Gasteiger partial charge < -0.3 is 10.2 Å². The first-order valence-corrected chi connectivity index (χ1v) is 7.28. The first-order valence-electron chi connectivity index (χ1n) is 7.28. The molecule has 1 unspecified atom stereocenters. The van der Waals surface area contributed by atoms with Crippen molar-refractivity contribution in [3.8, 4) is 0 Å². The van der Waals surface area contributed by atoms with Crippen LogP contribution in [0.15, 0.2) is 24.3 Å². The molecule has 0 spiro atoms. The Balaban J connectivity index is 1.59. The maximum absolute atomic E-state index is 12.2. The summed E-state index contributed by atoms with van der Waals surface area (Å²) in [7, 11) is 1.83. The highest BCUT2D eigenvalue weighted by molar-refractivity contribution is 5.87. The van der Waals surface area contributed by atoms with Gasteiger partial charge in [-0.25, -0.2) is 0 Å². The Labute approximate surface area is 119 Å². The highest BCUT2D eigenvalue weighted by Crippen LogP contribution is 2.34. The minimum Gasteiger partial charge on any atom is -0.347 e. The van der Waals surface area contributed by atoms with Gasteiger partial charge in [-0.2, -0.15) is 0 Å². The van der Waals surface area contributed by atoms with Crippen LogP contribution in [0, 0.1) is 5.92 Å². The molecule has 1 aromatic rings. The van der Waals surface area contributed by atoms with Crippen LogP contribution in [0.1, 0.15) is 36.4 Å². The monoisotopic (exact) mass is 272 g/mol. The smallest absolute Gasteiger partial charge is 0.242 e. The number of fused-ring (bicyclic) bond motifs is 1. The molecule has 1 aromatic carbocycles. The number of hydrogen-bond donors (Lipinski definition) is 1. The number of rotatable bonds is 4. The molecule has 1 atom stereocenters. The van der Waals surface area contributed by atoms with Gasteiger partial charge in [-0.05, 0) is 36.8 Å². The van der Waals surface area contributed by atoms with Crippen LogP contribution in [0.2, 0.25) is 0 Å². The summed E-state index contributed by atoms with van der Waals surface area (Å²) in [6.07, 6.45) is 3.92. The largest absolute Gasteiger partial charge is 0.347 e. The lowest BCUT2D eigenvalue weighted by Gasteiger charge is -2.25. The van der Waals surface area contributed by atoms with Gasteiger partial charge in [0.1, 0.15) is 0 Å². The Bertz CT molecular complexity index is 537. The number of nitrogens with one attached hydrogen (secondary N) is 1. The molecular weight excluding hydrogens is 252 g/mol. The van der Waals surface area contributed by atoms with E-state index in [2.05, 4.69) is 17.4 Å². The standard InChI is InChI=1S/C16H20N2O2/c1-18(15(19)10-17-16(20)12-6-7-12)14-9-8-11-4-2-3-5-13(11)14/h2-5,12,14H,6-10H2,1H3,(H,17,20). The molecule has 1 fully saturated rings. The van der Waals surface area contributed by atoms with E-state index < -0.39 is 0 Å². The van der Waals surface area contributed by atoms with E-state index in [1.807, 2.05) is 19.2 Å². The SMILES string of the molecule is CN(C(=O)CNC(=O)C1CC1)C1CCc2ccccc21. The zero-order chi connectivity index (χ0) is 14.1. The lowest BCUT2D eigenvalue weighted by molar-refractivity contribution is -0.133. The number of aryl methyl sites for hydroxylation is 1. The quantitative estimate of drug-likeness (QED) is 0.906. The third kappa shape index (κ3) is 2.55. The number of nitrogens with zero attached hydrogens (tertiary/aromatic N) is 1. The van der Waals surface area contributed by atoms with Crippen LogP contribution in [-0.4, -0.2) is 30.3 Å². The Morgan fingerprint density at radius 1 is 1.25 bits per heavy atom. The highest BCUT2D eigenvalue weighted by Gasteiger charge is 2.31. The molecule has 1 N–H and O–H groups in total. The molecule has 0 bridgehead atoms. The number of benzene rings is 1. The topological polar surface area (TPSA) is 49.4 Å². The summed E-state index contributed by atoms with van der Waals surface area (Å²) in [5, 5.41) is 2.74. The van der Waals surface area contributed by atoms with Crippen molar-refractivity contribution >= 4 is 11.8 Å². The van der Waals surface area contributed by atoms with Crippen LogP contribution in [0.5, 0.6) is 0 Å². The fraction of sp³-hybridized carbons (Fsp3) is 0.500. The Hall–Kier alpha value is -1.84. The number of amides is 2. The van der Waals surface area contributed by atoms with Gasteiger partial charge in [0.25, 0.3) is 0 Å². The van der Waals surface area contributed by atoms with Gasteiger partial charge in [-0.15, -0.1) is 0 Å². The van der Waals surface area contributed by atoms with Crippen molar-refractivity contribution in [1.82, 2.24) is 10.2 Å². The van der Waals surface area contributed by atoms with E-state index in [4.69, 9.17) is 0 Å². The van der Waals surface area contributed by atoms with Crippen molar-refractivity contribution in [3.63, 3.8) is 0 Å². The summed E-state index contributed by atoms with van der Waals surface area (Å²) in [6.45, 7) is 0.116. The van der Waals surface area contributed by atoms with Gasteiger partial charge in [0, 0.05) is 13.0 Å². The lowest BCUT2D eigenvalue weighted by atomic mass is 10.1. The van der Waals surface area contributed by atoms with E-state index in [-0.39, 0.29) is 30.3 Å². The highest BCUT2D eigenvalue weighted by atomic mass is 16.2. The number of hydrogen-bond acceptors (Lipinski definition) is 2. The lowest BCUT2D eigenvalue weighted by Crippen LogP contribution is -2.39. The summed E-state index contributed by atoms with van der Waals surface area (Å²) >= 11 is 0. The molecule has 2 amide bonds. The normalized spacial score (nSPS) is 20.4. The molecule has 2 aliphatic carbocycles. The van der Waals surface area contributed by atoms with Gasteiger partial charge in [0.2, 0.25) is 11.8 Å². The Morgan fingerprint density at radius 3 is 2.75 bits per heavy atom. The van der Waals surface area contributed by atoms with Crippen molar-refractivity contribution in [2.24, 2.45) is 5.92 Å². The van der Waals surface area contributed by atoms with E-state index in [0.29, 0.717) is 0 Å². The molecule has 0 aliphatic heterocycles. The summed E-state index contributed by atoms with van der Waals surface area (Å²) < 4.78 is 0. The summed E-state index contributed by atoms with van der Waals surface area (Å²) in [6, 6.07) is 8.43. The number of carbonyl (C=O) groups is 2. The second kappa shape index (κ2) is 5.27. The molecule has 4 nitrogen and oxygen atoms in total. The van der Waals surface area contributed by atoms with E-state index >= 15 is 0 Å². The van der Waals surface area contributed by atoms with Crippen molar-refractivity contribution < 1.29 is 9.59 Å². The molecule has 1 saturated carbocycles. The Morgan fingerprint density at radius 2 is 2.00 bits per heavy atom. The van der Waals surface area contributed by atoms with Crippen LogP contribution in [0.4, 0.5) is 0 Å². The molecule has 3 rings (SSSR count). The van der Waals surface area contributed by atoms with Crippen molar-refractivity contribution in [3.05, 3.63) is 35.4 Å². The zero-order valence-electron chi connectivity index (χ0n) is 11.8. The van der Waals surface area contributed by atoms with Crippen LogP contribution < -0.4 is 5.32 Å². The van der Waals surface area contributed by atoms with Crippen LogP contribution in [0.25, 0.3) is 0 Å². The van der Waals surface area contributed by atoms with Crippen molar-refractivity contribution in [2.45, 2.75) is 31.7 Å². The maximum atomic E-state index is 12.2. The third-order valence-electron chi connectivity index (χ3n) is 4.32. The van der Waals surface area contributed by atoms with Gasteiger partial charge in [-0.3, -0.25) is 9.59 Å². The van der Waals surface area contributed by atoms with Gasteiger partial charge in [0.05, 0.1) is 12.6 Å². The predicted molar refractivity (Wildman–Crippen MR) is 76.0 cm³/mol. The van der Waals surface area contributed by atoms with E-state index in [9.17, 15) is 9.59 Å². The van der Waals surface area contributed by atoms with Gasteiger partial charge in [0.15, 0.2) is 0 Å². The van der Waals surface area contributed by atoms with E-state index in [1.165, 1.54) is 11.1 Å². The minimum absolute atomic E-state index is 0.0132. The molecule has 20 heavy (non-hydrogen) atoms. The zero-order valence-corrected chi connectivity index (χ0v) is 11.8. The molecule has 0 heterocycles. The average Bonchev–Trinajstić information content (AvgIpc) is 3.23. The maximum Gasteiger partial charge on any atom is 0.242 e. The number of likely N-dealkylation sites (N-methyl/N-ethyl adjacent to an activating group) is 1. The first kappa shape index (κ1) is 13.2. The fourth-order valence-corrected chi connectivity index (χ4v) is 2.89. The first-order chi connectivity index (χ1) is 9.66.